The van der Waals surface area contributed by atoms with Crippen molar-refractivity contribution in [3.8, 4) is 5.75 Å². The van der Waals surface area contributed by atoms with Gasteiger partial charge >= 0.3 is 0 Å². The molecular formula is C16H14ClNO3. The number of carbonyl (C=O) groups excluding carboxylic acids is 1. The molecule has 108 valence electrons. The zero-order chi connectivity index (χ0) is 14.8. The summed E-state index contributed by atoms with van der Waals surface area (Å²) in [5, 5.41) is 13.6. The minimum atomic E-state index is -0.865. The van der Waals surface area contributed by atoms with E-state index in [1.807, 2.05) is 30.3 Å². The smallest absolute Gasteiger partial charge is 0.228 e. The van der Waals surface area contributed by atoms with Crippen molar-refractivity contribution in [1.29, 1.82) is 0 Å². The minimum absolute atomic E-state index is 0.0899. The van der Waals surface area contributed by atoms with Gasteiger partial charge in [-0.2, -0.15) is 0 Å². The number of aliphatic hydroxyl groups is 1. The molecule has 21 heavy (non-hydrogen) atoms. The first kappa shape index (κ1) is 13.9. The van der Waals surface area contributed by atoms with E-state index in [0.717, 1.165) is 5.56 Å². The van der Waals surface area contributed by atoms with Crippen LogP contribution < -0.4 is 10.1 Å². The molecule has 1 aliphatic rings. The number of aliphatic hydroxyl groups excluding tert-OH is 1. The summed E-state index contributed by atoms with van der Waals surface area (Å²) in [4.78, 5) is 11.5. The maximum absolute atomic E-state index is 11.5. The molecule has 1 aliphatic heterocycles. The monoisotopic (exact) mass is 303 g/mol. The number of anilines is 1. The maximum atomic E-state index is 11.5. The first-order valence-corrected chi connectivity index (χ1v) is 6.99. The van der Waals surface area contributed by atoms with E-state index >= 15 is 0 Å². The Morgan fingerprint density at radius 2 is 2.05 bits per heavy atom. The van der Waals surface area contributed by atoms with Crippen LogP contribution >= 0.6 is 11.6 Å². The largest absolute Gasteiger partial charge is 0.491 e. The van der Waals surface area contributed by atoms with Gasteiger partial charge in [-0.25, -0.2) is 0 Å². The summed E-state index contributed by atoms with van der Waals surface area (Å²) in [6.45, 7) is 0.0899. The molecule has 2 aromatic rings. The number of amides is 1. The number of benzene rings is 2. The van der Waals surface area contributed by atoms with Gasteiger partial charge in [0.2, 0.25) is 5.91 Å². The Hall–Kier alpha value is -2.04. The molecule has 3 rings (SSSR count). The summed E-state index contributed by atoms with van der Waals surface area (Å²) in [6.07, 6.45) is -0.578. The molecule has 0 spiro atoms. The molecule has 0 aromatic heterocycles. The highest BCUT2D eigenvalue weighted by Gasteiger charge is 2.25. The molecule has 1 heterocycles. The van der Waals surface area contributed by atoms with Crippen LogP contribution in [-0.4, -0.2) is 17.6 Å². The lowest BCUT2D eigenvalue weighted by Crippen LogP contribution is -2.12. The molecule has 1 amide bonds. The molecule has 5 heteroatoms. The fraction of sp³-hybridized carbons (Fsp3) is 0.188. The molecule has 0 aliphatic carbocycles. The zero-order valence-electron chi connectivity index (χ0n) is 11.2. The number of ether oxygens (including phenoxy) is 1. The molecule has 2 N–H and O–H groups in total. The second-order valence-corrected chi connectivity index (χ2v) is 5.33. The SMILES string of the molecule is O=C1Cc2cc(Cl)cc(C(O)COc3ccccc3)c2N1. The number of para-hydroxylation sites is 1. The highest BCUT2D eigenvalue weighted by atomic mass is 35.5. The first-order chi connectivity index (χ1) is 10.1. The van der Waals surface area contributed by atoms with Crippen molar-refractivity contribution in [3.05, 3.63) is 58.6 Å². The molecule has 0 saturated heterocycles. The van der Waals surface area contributed by atoms with E-state index < -0.39 is 6.10 Å². The Kier molecular flexibility index (Phi) is 3.82. The lowest BCUT2D eigenvalue weighted by molar-refractivity contribution is -0.115. The highest BCUT2D eigenvalue weighted by molar-refractivity contribution is 6.31. The molecule has 4 nitrogen and oxygen atoms in total. The maximum Gasteiger partial charge on any atom is 0.228 e. The third kappa shape index (κ3) is 3.01. The van der Waals surface area contributed by atoms with Crippen molar-refractivity contribution in [2.45, 2.75) is 12.5 Å². The van der Waals surface area contributed by atoms with Crippen LogP contribution in [0.3, 0.4) is 0 Å². The number of halogens is 1. The number of fused-ring (bicyclic) bond motifs is 1. The topological polar surface area (TPSA) is 58.6 Å². The second-order valence-electron chi connectivity index (χ2n) is 4.89. The third-order valence-corrected chi connectivity index (χ3v) is 3.56. The van der Waals surface area contributed by atoms with Gasteiger partial charge in [-0.3, -0.25) is 4.79 Å². The quantitative estimate of drug-likeness (QED) is 0.913. The van der Waals surface area contributed by atoms with Gasteiger partial charge in [-0.05, 0) is 29.8 Å². The lowest BCUT2D eigenvalue weighted by atomic mass is 10.0. The minimum Gasteiger partial charge on any atom is -0.491 e. The molecule has 2 aromatic carbocycles. The number of hydrogen-bond donors (Lipinski definition) is 2. The predicted octanol–water partition coefficient (Wildman–Crippen LogP) is 2.95. The summed E-state index contributed by atoms with van der Waals surface area (Å²) >= 11 is 6.05. The van der Waals surface area contributed by atoms with Gasteiger partial charge < -0.3 is 15.2 Å². The number of hydrogen-bond acceptors (Lipinski definition) is 3. The lowest BCUT2D eigenvalue weighted by Gasteiger charge is -2.16. The van der Waals surface area contributed by atoms with Gasteiger partial charge in [0.15, 0.2) is 0 Å². The van der Waals surface area contributed by atoms with Gasteiger partial charge in [0.25, 0.3) is 0 Å². The van der Waals surface area contributed by atoms with E-state index in [1.54, 1.807) is 12.1 Å². The standard InChI is InChI=1S/C16H14ClNO3/c17-11-6-10-7-15(20)18-16(10)13(8-11)14(19)9-21-12-4-2-1-3-5-12/h1-6,8,14,19H,7,9H2,(H,18,20). The van der Waals surface area contributed by atoms with Crippen LogP contribution in [0.4, 0.5) is 5.69 Å². The fourth-order valence-electron chi connectivity index (χ4n) is 2.38. The Morgan fingerprint density at radius 1 is 1.29 bits per heavy atom. The molecule has 0 saturated carbocycles. The van der Waals surface area contributed by atoms with E-state index in [9.17, 15) is 9.90 Å². The van der Waals surface area contributed by atoms with Crippen LogP contribution in [0.15, 0.2) is 42.5 Å². The predicted molar refractivity (Wildman–Crippen MR) is 80.7 cm³/mol. The van der Waals surface area contributed by atoms with Crippen LogP contribution in [0.5, 0.6) is 5.75 Å². The van der Waals surface area contributed by atoms with Gasteiger partial charge in [0.1, 0.15) is 18.5 Å². The molecule has 1 unspecified atom stereocenters. The highest BCUT2D eigenvalue weighted by Crippen LogP contribution is 2.34. The summed E-state index contributed by atoms with van der Waals surface area (Å²) in [5.74, 6) is 0.587. The van der Waals surface area contributed by atoms with Gasteiger partial charge in [-0.1, -0.05) is 29.8 Å². The Labute approximate surface area is 127 Å². The van der Waals surface area contributed by atoms with Crippen LogP contribution in [0, 0.1) is 0 Å². The van der Waals surface area contributed by atoms with Crippen LogP contribution in [0.25, 0.3) is 0 Å². The van der Waals surface area contributed by atoms with Crippen molar-refractivity contribution >= 4 is 23.2 Å². The van der Waals surface area contributed by atoms with Gasteiger partial charge in [-0.15, -0.1) is 0 Å². The summed E-state index contributed by atoms with van der Waals surface area (Å²) < 4.78 is 5.54. The molecular weight excluding hydrogens is 290 g/mol. The second kappa shape index (κ2) is 5.76. The van der Waals surface area contributed by atoms with Crippen molar-refractivity contribution in [3.63, 3.8) is 0 Å². The van der Waals surface area contributed by atoms with Crippen molar-refractivity contribution in [1.82, 2.24) is 0 Å². The van der Waals surface area contributed by atoms with Gasteiger partial charge in [0, 0.05) is 10.6 Å². The Balaban J connectivity index is 1.79. The van der Waals surface area contributed by atoms with E-state index in [4.69, 9.17) is 16.3 Å². The molecule has 0 bridgehead atoms. The van der Waals surface area contributed by atoms with Crippen molar-refractivity contribution < 1.29 is 14.6 Å². The van der Waals surface area contributed by atoms with Crippen LogP contribution in [-0.2, 0) is 11.2 Å². The number of rotatable bonds is 4. The summed E-state index contributed by atoms with van der Waals surface area (Å²) in [5.41, 5.74) is 2.04. The van der Waals surface area contributed by atoms with Crippen molar-refractivity contribution in [2.24, 2.45) is 0 Å². The van der Waals surface area contributed by atoms with E-state index in [-0.39, 0.29) is 18.9 Å². The normalized spacial score (nSPS) is 14.5. The fourth-order valence-corrected chi connectivity index (χ4v) is 2.63. The number of carbonyl (C=O) groups is 1. The third-order valence-electron chi connectivity index (χ3n) is 3.34. The van der Waals surface area contributed by atoms with Gasteiger partial charge in [0.05, 0.1) is 12.1 Å². The van der Waals surface area contributed by atoms with E-state index in [1.165, 1.54) is 0 Å². The van der Waals surface area contributed by atoms with E-state index in [0.29, 0.717) is 22.0 Å². The van der Waals surface area contributed by atoms with Crippen LogP contribution in [0.1, 0.15) is 17.2 Å². The van der Waals surface area contributed by atoms with Crippen molar-refractivity contribution in [2.75, 3.05) is 11.9 Å². The molecule has 1 atom stereocenters. The zero-order valence-corrected chi connectivity index (χ0v) is 11.9. The number of nitrogens with one attached hydrogen (secondary N) is 1. The first-order valence-electron chi connectivity index (χ1n) is 6.61. The Morgan fingerprint density at radius 3 is 2.81 bits per heavy atom. The summed E-state index contributed by atoms with van der Waals surface area (Å²) in [7, 11) is 0. The Bertz CT molecular complexity index is 673. The molecule has 0 fully saturated rings. The average molecular weight is 304 g/mol. The van der Waals surface area contributed by atoms with E-state index in [2.05, 4.69) is 5.32 Å². The summed E-state index contributed by atoms with van der Waals surface area (Å²) in [6, 6.07) is 12.6. The average Bonchev–Trinajstić information content (AvgIpc) is 2.85. The molecule has 0 radical (unpaired) electrons. The van der Waals surface area contributed by atoms with Crippen LogP contribution in [0.2, 0.25) is 5.02 Å².